The molecule has 32 heavy (non-hydrogen) atoms. The molecule has 0 bridgehead atoms. The Labute approximate surface area is 189 Å². The minimum Gasteiger partial charge on any atom is -0.508 e. The third-order valence-corrected chi connectivity index (χ3v) is 7.74. The molecular formula is C27H32N2O3. The summed E-state index contributed by atoms with van der Waals surface area (Å²) in [7, 11) is 0. The topological polar surface area (TPSA) is 78.4 Å². The van der Waals surface area contributed by atoms with Crippen molar-refractivity contribution in [3.05, 3.63) is 64.2 Å². The minimum absolute atomic E-state index is 0.113. The van der Waals surface area contributed by atoms with Crippen molar-refractivity contribution in [3.63, 3.8) is 0 Å². The second kappa shape index (κ2) is 8.61. The number of rotatable bonds is 5. The first-order valence-electron chi connectivity index (χ1n) is 12.0. The zero-order valence-corrected chi connectivity index (χ0v) is 18.7. The lowest BCUT2D eigenvalue weighted by atomic mass is 10.0. The van der Waals surface area contributed by atoms with Crippen LogP contribution in [0.2, 0.25) is 0 Å². The SMILES string of the molecule is Cc1ccc(C(=O)NCc2ccc3c(c2)CCC3NC(=O)[C@H]2[C@@H]3CCCCC[C@@H]32)cc1O. The first kappa shape index (κ1) is 21.0. The van der Waals surface area contributed by atoms with Gasteiger partial charge in [0.25, 0.3) is 5.91 Å². The first-order chi connectivity index (χ1) is 15.5. The summed E-state index contributed by atoms with van der Waals surface area (Å²) < 4.78 is 0. The highest BCUT2D eigenvalue weighted by molar-refractivity contribution is 5.94. The number of amides is 2. The van der Waals surface area contributed by atoms with Gasteiger partial charge in [0.05, 0.1) is 6.04 Å². The van der Waals surface area contributed by atoms with Crippen molar-refractivity contribution in [2.45, 2.75) is 64.5 Å². The van der Waals surface area contributed by atoms with E-state index in [1.807, 2.05) is 6.07 Å². The quantitative estimate of drug-likeness (QED) is 0.648. The molecule has 3 aliphatic rings. The molecule has 1 unspecified atom stereocenters. The van der Waals surface area contributed by atoms with Crippen LogP contribution in [0, 0.1) is 24.7 Å². The number of phenolic OH excluding ortho intramolecular Hbond substituents is 1. The molecule has 0 heterocycles. The van der Waals surface area contributed by atoms with E-state index < -0.39 is 0 Å². The van der Waals surface area contributed by atoms with Crippen LogP contribution < -0.4 is 10.6 Å². The molecule has 0 spiro atoms. The second-order valence-corrected chi connectivity index (χ2v) is 9.81. The molecule has 0 radical (unpaired) electrons. The average Bonchev–Trinajstić information content (AvgIpc) is 3.41. The molecule has 5 rings (SSSR count). The molecule has 5 nitrogen and oxygen atoms in total. The molecule has 2 aromatic carbocycles. The Hall–Kier alpha value is -2.82. The second-order valence-electron chi connectivity index (χ2n) is 9.81. The van der Waals surface area contributed by atoms with Gasteiger partial charge >= 0.3 is 0 Å². The Morgan fingerprint density at radius 1 is 1.00 bits per heavy atom. The van der Waals surface area contributed by atoms with E-state index >= 15 is 0 Å². The van der Waals surface area contributed by atoms with Gasteiger partial charge in [-0.25, -0.2) is 0 Å². The van der Waals surface area contributed by atoms with Crippen LogP contribution >= 0.6 is 0 Å². The molecule has 3 N–H and O–H groups in total. The molecule has 2 amide bonds. The number of hydrogen-bond donors (Lipinski definition) is 3. The number of benzene rings is 2. The molecule has 0 saturated heterocycles. The smallest absolute Gasteiger partial charge is 0.251 e. The molecule has 2 fully saturated rings. The van der Waals surface area contributed by atoms with E-state index in [4.69, 9.17) is 0 Å². The van der Waals surface area contributed by atoms with Gasteiger partial charge in [-0.1, -0.05) is 43.5 Å². The van der Waals surface area contributed by atoms with Crippen molar-refractivity contribution in [2.24, 2.45) is 17.8 Å². The molecular weight excluding hydrogens is 400 g/mol. The van der Waals surface area contributed by atoms with E-state index in [2.05, 4.69) is 22.8 Å². The van der Waals surface area contributed by atoms with Gasteiger partial charge in [0.15, 0.2) is 0 Å². The summed E-state index contributed by atoms with van der Waals surface area (Å²) in [4.78, 5) is 25.3. The number of carbonyl (C=O) groups is 2. The fourth-order valence-electron chi connectivity index (χ4n) is 5.79. The first-order valence-corrected chi connectivity index (χ1v) is 12.0. The number of aryl methyl sites for hydroxylation is 2. The monoisotopic (exact) mass is 432 g/mol. The van der Waals surface area contributed by atoms with Crippen molar-refractivity contribution in [2.75, 3.05) is 0 Å². The third kappa shape index (κ3) is 4.13. The van der Waals surface area contributed by atoms with Crippen LogP contribution in [0.15, 0.2) is 36.4 Å². The maximum absolute atomic E-state index is 12.9. The van der Waals surface area contributed by atoms with Gasteiger partial charge < -0.3 is 15.7 Å². The molecule has 3 aliphatic carbocycles. The van der Waals surface area contributed by atoms with Crippen LogP contribution in [0.3, 0.4) is 0 Å². The predicted octanol–water partition coefficient (Wildman–Crippen LogP) is 4.56. The summed E-state index contributed by atoms with van der Waals surface area (Å²) in [6.07, 6.45) is 8.23. The standard InChI is InChI=1S/C27H32N2O3/c1-16-7-9-19(14-24(16)30)26(31)28-15-17-8-11-20-18(13-17)10-12-23(20)29-27(32)25-21-5-3-2-4-6-22(21)25/h7-9,11,13-14,21-23,25,30H,2-6,10,12,15H2,1H3,(H,28,31)(H,29,32)/t21-,22+,23?,25+. The van der Waals surface area contributed by atoms with E-state index in [0.29, 0.717) is 23.9 Å². The van der Waals surface area contributed by atoms with Gasteiger partial charge in [-0.05, 0) is 78.8 Å². The van der Waals surface area contributed by atoms with E-state index in [9.17, 15) is 14.7 Å². The lowest BCUT2D eigenvalue weighted by Crippen LogP contribution is -2.29. The largest absolute Gasteiger partial charge is 0.508 e. The highest BCUT2D eigenvalue weighted by Crippen LogP contribution is 2.54. The molecule has 5 heteroatoms. The summed E-state index contributed by atoms with van der Waals surface area (Å²) in [6.45, 7) is 2.24. The summed E-state index contributed by atoms with van der Waals surface area (Å²) in [6, 6.07) is 11.4. The molecule has 168 valence electrons. The van der Waals surface area contributed by atoms with Crippen molar-refractivity contribution in [3.8, 4) is 5.75 Å². The van der Waals surface area contributed by atoms with Crippen molar-refractivity contribution < 1.29 is 14.7 Å². The van der Waals surface area contributed by atoms with Crippen LogP contribution in [0.5, 0.6) is 5.75 Å². The van der Waals surface area contributed by atoms with E-state index in [-0.39, 0.29) is 29.5 Å². The summed E-state index contributed by atoms with van der Waals surface area (Å²) in [5.74, 6) is 1.68. The van der Waals surface area contributed by atoms with Gasteiger partial charge in [0, 0.05) is 18.0 Å². The summed E-state index contributed by atoms with van der Waals surface area (Å²) in [5, 5.41) is 16.1. The Kier molecular flexibility index (Phi) is 5.66. The number of nitrogens with one attached hydrogen (secondary N) is 2. The highest BCUT2D eigenvalue weighted by Gasteiger charge is 2.54. The molecule has 2 saturated carbocycles. The highest BCUT2D eigenvalue weighted by atomic mass is 16.3. The Morgan fingerprint density at radius 3 is 2.53 bits per heavy atom. The fraction of sp³-hybridized carbons (Fsp3) is 0.481. The maximum Gasteiger partial charge on any atom is 0.251 e. The van der Waals surface area contributed by atoms with Gasteiger partial charge in [0.2, 0.25) is 5.91 Å². The van der Waals surface area contributed by atoms with Crippen LogP contribution in [-0.4, -0.2) is 16.9 Å². The zero-order valence-electron chi connectivity index (χ0n) is 18.7. The van der Waals surface area contributed by atoms with Crippen molar-refractivity contribution in [1.29, 1.82) is 0 Å². The molecule has 0 aliphatic heterocycles. The summed E-state index contributed by atoms with van der Waals surface area (Å²) >= 11 is 0. The fourth-order valence-corrected chi connectivity index (χ4v) is 5.79. The van der Waals surface area contributed by atoms with E-state index in [1.165, 1.54) is 49.3 Å². The van der Waals surface area contributed by atoms with Crippen molar-refractivity contribution in [1.82, 2.24) is 10.6 Å². The molecule has 2 aromatic rings. The number of phenols is 1. The lowest BCUT2D eigenvalue weighted by molar-refractivity contribution is -0.123. The molecule has 4 atom stereocenters. The third-order valence-electron chi connectivity index (χ3n) is 7.74. The minimum atomic E-state index is -0.201. The predicted molar refractivity (Wildman–Crippen MR) is 123 cm³/mol. The van der Waals surface area contributed by atoms with Crippen molar-refractivity contribution >= 4 is 11.8 Å². The van der Waals surface area contributed by atoms with Crippen LogP contribution in [0.25, 0.3) is 0 Å². The average molecular weight is 433 g/mol. The number of hydrogen-bond acceptors (Lipinski definition) is 3. The van der Waals surface area contributed by atoms with Gasteiger partial charge in [-0.3, -0.25) is 9.59 Å². The normalized spacial score (nSPS) is 25.9. The van der Waals surface area contributed by atoms with Gasteiger partial charge in [-0.2, -0.15) is 0 Å². The molecule has 0 aromatic heterocycles. The number of aromatic hydroxyl groups is 1. The Morgan fingerprint density at radius 2 is 1.78 bits per heavy atom. The zero-order chi connectivity index (χ0) is 22.2. The van der Waals surface area contributed by atoms with Gasteiger partial charge in [-0.15, -0.1) is 0 Å². The lowest BCUT2D eigenvalue weighted by Gasteiger charge is -2.15. The van der Waals surface area contributed by atoms with E-state index in [0.717, 1.165) is 24.0 Å². The number of carbonyl (C=O) groups excluding carboxylic acids is 2. The maximum atomic E-state index is 12.9. The van der Waals surface area contributed by atoms with Crippen LogP contribution in [0.4, 0.5) is 0 Å². The van der Waals surface area contributed by atoms with Crippen LogP contribution in [-0.2, 0) is 17.8 Å². The van der Waals surface area contributed by atoms with E-state index in [1.54, 1.807) is 19.1 Å². The number of fused-ring (bicyclic) bond motifs is 2. The Balaban J connectivity index is 1.18. The van der Waals surface area contributed by atoms with Gasteiger partial charge in [0.1, 0.15) is 5.75 Å². The Bertz CT molecular complexity index is 1040. The van der Waals surface area contributed by atoms with Crippen LogP contribution in [0.1, 0.15) is 77.2 Å². The summed E-state index contributed by atoms with van der Waals surface area (Å²) in [5.41, 5.74) is 4.73.